The van der Waals surface area contributed by atoms with Gasteiger partial charge < -0.3 is 21.3 Å². The zero-order valence-corrected chi connectivity index (χ0v) is 13.4. The second-order valence-electron chi connectivity index (χ2n) is 5.79. The van der Waals surface area contributed by atoms with Crippen molar-refractivity contribution < 1.29 is 10.2 Å². The van der Waals surface area contributed by atoms with Crippen molar-refractivity contribution >= 4 is 0 Å². The summed E-state index contributed by atoms with van der Waals surface area (Å²) in [5.41, 5.74) is 9.49. The first-order chi connectivity index (χ1) is 11.2. The highest BCUT2D eigenvalue weighted by molar-refractivity contribution is 5.27. The molecule has 0 saturated heterocycles. The Balaban J connectivity index is 1.79. The van der Waals surface area contributed by atoms with Crippen molar-refractivity contribution in [3.63, 3.8) is 0 Å². The van der Waals surface area contributed by atoms with E-state index >= 15 is 0 Å². The molecule has 0 aromatic heterocycles. The highest BCUT2D eigenvalue weighted by Crippen LogP contribution is 2.09. The molecular formula is C19H26N2O2. The number of nitrogens with one attached hydrogen (secondary N) is 1. The molecule has 2 aromatic rings. The maximum atomic E-state index is 10.2. The van der Waals surface area contributed by atoms with Gasteiger partial charge in [-0.2, -0.15) is 0 Å². The van der Waals surface area contributed by atoms with Crippen LogP contribution in [-0.4, -0.2) is 35.5 Å². The maximum Gasteiger partial charge on any atom is 0.0818 e. The van der Waals surface area contributed by atoms with E-state index in [1.165, 1.54) is 0 Å². The zero-order chi connectivity index (χ0) is 16.5. The van der Waals surface area contributed by atoms with Crippen LogP contribution in [-0.2, 0) is 19.4 Å². The van der Waals surface area contributed by atoms with Crippen LogP contribution in [0.4, 0.5) is 0 Å². The van der Waals surface area contributed by atoms with Gasteiger partial charge in [0.15, 0.2) is 0 Å². The monoisotopic (exact) mass is 314 g/mol. The fourth-order valence-electron chi connectivity index (χ4n) is 2.62. The smallest absolute Gasteiger partial charge is 0.0818 e. The molecule has 23 heavy (non-hydrogen) atoms. The van der Waals surface area contributed by atoms with E-state index in [4.69, 9.17) is 10.8 Å². The zero-order valence-electron chi connectivity index (χ0n) is 13.4. The van der Waals surface area contributed by atoms with Crippen LogP contribution in [0.15, 0.2) is 54.6 Å². The van der Waals surface area contributed by atoms with Crippen LogP contribution < -0.4 is 11.1 Å². The molecule has 5 N–H and O–H groups in total. The minimum absolute atomic E-state index is 0.140. The van der Waals surface area contributed by atoms with Gasteiger partial charge in [-0.3, -0.25) is 0 Å². The summed E-state index contributed by atoms with van der Waals surface area (Å²) in [6, 6.07) is 17.7. The third-order valence-electron chi connectivity index (χ3n) is 3.98. The van der Waals surface area contributed by atoms with E-state index in [9.17, 15) is 5.11 Å². The summed E-state index contributed by atoms with van der Waals surface area (Å²) in [7, 11) is 0. The largest absolute Gasteiger partial charge is 0.396 e. The van der Waals surface area contributed by atoms with Gasteiger partial charge >= 0.3 is 0 Å². The van der Waals surface area contributed by atoms with E-state index in [1.807, 2.05) is 54.6 Å². The number of hydrogen-bond acceptors (Lipinski definition) is 4. The van der Waals surface area contributed by atoms with Gasteiger partial charge in [-0.1, -0.05) is 54.6 Å². The van der Waals surface area contributed by atoms with E-state index in [-0.39, 0.29) is 12.6 Å². The second kappa shape index (κ2) is 9.43. The highest BCUT2D eigenvalue weighted by Gasteiger charge is 2.15. The lowest BCUT2D eigenvalue weighted by molar-refractivity contribution is 0.141. The van der Waals surface area contributed by atoms with Crippen molar-refractivity contribution in [1.29, 1.82) is 0 Å². The summed E-state index contributed by atoms with van der Waals surface area (Å²) in [6.45, 7) is 1.24. The first-order valence-corrected chi connectivity index (χ1v) is 8.06. The van der Waals surface area contributed by atoms with Crippen LogP contribution in [0.5, 0.6) is 0 Å². The Morgan fingerprint density at radius 1 is 0.957 bits per heavy atom. The van der Waals surface area contributed by atoms with Crippen LogP contribution in [0.25, 0.3) is 0 Å². The van der Waals surface area contributed by atoms with Crippen LogP contribution >= 0.6 is 0 Å². The normalized spacial score (nSPS) is 13.7. The lowest BCUT2D eigenvalue weighted by atomic mass is 10.0. The molecule has 2 rings (SSSR count). The number of aliphatic hydroxyl groups excluding tert-OH is 2. The fourth-order valence-corrected chi connectivity index (χ4v) is 2.62. The fraction of sp³-hybridized carbons (Fsp3) is 0.368. The van der Waals surface area contributed by atoms with Crippen molar-refractivity contribution in [3.05, 3.63) is 71.3 Å². The Hall–Kier alpha value is -1.72. The van der Waals surface area contributed by atoms with Gasteiger partial charge in [-0.05, 0) is 29.5 Å². The Morgan fingerprint density at radius 3 is 2.30 bits per heavy atom. The Morgan fingerprint density at radius 2 is 1.61 bits per heavy atom. The quantitative estimate of drug-likeness (QED) is 0.562. The summed E-state index contributed by atoms with van der Waals surface area (Å²) < 4.78 is 0. The molecule has 2 aromatic carbocycles. The lowest BCUT2D eigenvalue weighted by Crippen LogP contribution is -2.43. The summed E-state index contributed by atoms with van der Waals surface area (Å²) in [5, 5.41) is 22.6. The molecule has 0 saturated carbocycles. The minimum atomic E-state index is -0.597. The topological polar surface area (TPSA) is 78.5 Å². The standard InChI is InChI=1S/C19H26N2O2/c20-18(12-15-6-2-1-3-7-15)19(23)14-21-13-17-9-5-4-8-16(17)10-11-22/h1-9,18-19,21-23H,10-14,20H2/t18-,19+/m0/s1. The van der Waals surface area contributed by atoms with Crippen LogP contribution in [0.3, 0.4) is 0 Å². The lowest BCUT2D eigenvalue weighted by Gasteiger charge is -2.20. The molecule has 4 heteroatoms. The highest BCUT2D eigenvalue weighted by atomic mass is 16.3. The molecule has 0 fully saturated rings. The molecule has 0 heterocycles. The summed E-state index contributed by atoms with van der Waals surface area (Å²) in [4.78, 5) is 0. The Labute approximate surface area is 138 Å². The van der Waals surface area contributed by atoms with Gasteiger partial charge in [0.2, 0.25) is 0 Å². The van der Waals surface area contributed by atoms with E-state index in [0.29, 0.717) is 25.9 Å². The Bertz CT molecular complexity index is 575. The van der Waals surface area contributed by atoms with Crippen molar-refractivity contribution in [2.24, 2.45) is 5.73 Å². The van der Waals surface area contributed by atoms with E-state index < -0.39 is 6.10 Å². The number of benzene rings is 2. The predicted molar refractivity (Wildman–Crippen MR) is 93.1 cm³/mol. The van der Waals surface area contributed by atoms with Crippen LogP contribution in [0.1, 0.15) is 16.7 Å². The molecule has 0 spiro atoms. The average molecular weight is 314 g/mol. The molecule has 0 aliphatic heterocycles. The molecule has 0 aliphatic carbocycles. The van der Waals surface area contributed by atoms with Crippen molar-refractivity contribution in [1.82, 2.24) is 5.32 Å². The molecule has 0 amide bonds. The second-order valence-corrected chi connectivity index (χ2v) is 5.79. The molecular weight excluding hydrogens is 288 g/mol. The summed E-state index contributed by atoms with van der Waals surface area (Å²) in [6.07, 6.45) is 0.707. The van der Waals surface area contributed by atoms with Crippen molar-refractivity contribution in [3.8, 4) is 0 Å². The predicted octanol–water partition coefficient (Wildman–Crippen LogP) is 1.24. The number of aliphatic hydroxyl groups is 2. The number of rotatable bonds is 9. The first-order valence-electron chi connectivity index (χ1n) is 8.06. The van der Waals surface area contributed by atoms with Crippen molar-refractivity contribution in [2.45, 2.75) is 31.5 Å². The van der Waals surface area contributed by atoms with Crippen LogP contribution in [0.2, 0.25) is 0 Å². The van der Waals surface area contributed by atoms with E-state index in [0.717, 1.165) is 16.7 Å². The van der Waals surface area contributed by atoms with E-state index in [2.05, 4.69) is 5.32 Å². The van der Waals surface area contributed by atoms with Gasteiger partial charge in [0.05, 0.1) is 6.10 Å². The third-order valence-corrected chi connectivity index (χ3v) is 3.98. The van der Waals surface area contributed by atoms with Gasteiger partial charge in [-0.25, -0.2) is 0 Å². The molecule has 0 aliphatic rings. The molecule has 0 unspecified atom stereocenters. The maximum absolute atomic E-state index is 10.2. The van der Waals surface area contributed by atoms with Gasteiger partial charge in [0.25, 0.3) is 0 Å². The number of hydrogen-bond donors (Lipinski definition) is 4. The summed E-state index contributed by atoms with van der Waals surface area (Å²) in [5.74, 6) is 0. The average Bonchev–Trinajstić information content (AvgIpc) is 2.57. The van der Waals surface area contributed by atoms with Crippen molar-refractivity contribution in [2.75, 3.05) is 13.2 Å². The Kier molecular flexibility index (Phi) is 7.23. The molecule has 4 nitrogen and oxygen atoms in total. The third kappa shape index (κ3) is 5.77. The van der Waals surface area contributed by atoms with Crippen LogP contribution in [0, 0.1) is 0 Å². The van der Waals surface area contributed by atoms with Gasteiger partial charge in [0.1, 0.15) is 0 Å². The van der Waals surface area contributed by atoms with E-state index in [1.54, 1.807) is 0 Å². The molecule has 0 radical (unpaired) electrons. The van der Waals surface area contributed by atoms with Gasteiger partial charge in [-0.15, -0.1) is 0 Å². The number of nitrogens with two attached hydrogens (primary N) is 1. The minimum Gasteiger partial charge on any atom is -0.396 e. The van der Waals surface area contributed by atoms with Gasteiger partial charge in [0, 0.05) is 25.7 Å². The molecule has 124 valence electrons. The molecule has 2 atom stereocenters. The molecule has 0 bridgehead atoms. The SMILES string of the molecule is N[C@@H](Cc1ccccc1)[C@H](O)CNCc1ccccc1CCO. The summed E-state index contributed by atoms with van der Waals surface area (Å²) >= 11 is 0. The first kappa shape index (κ1) is 17.6.